The standard InChI is InChI=1S/C16H16F3N3O4S/c1-26-15-11(4-3-7-20-15)9-21-14(23)10-22-27(24,25)13-6-2-5-12(8-13)16(17,18)19/h2-8,22H,9-10H2,1H3,(H,21,23). The lowest BCUT2D eigenvalue weighted by atomic mass is 10.2. The van der Waals surface area contributed by atoms with Crippen LogP contribution in [0.15, 0.2) is 47.5 Å². The van der Waals surface area contributed by atoms with Crippen molar-refractivity contribution in [3.8, 4) is 5.88 Å². The van der Waals surface area contributed by atoms with Crippen LogP contribution in [0, 0.1) is 0 Å². The second kappa shape index (κ2) is 8.35. The SMILES string of the molecule is COc1ncccc1CNC(=O)CNS(=O)(=O)c1cccc(C(F)(F)F)c1. The number of amides is 1. The number of halogens is 3. The van der Waals surface area contributed by atoms with Gasteiger partial charge in [-0.1, -0.05) is 12.1 Å². The zero-order chi connectivity index (χ0) is 20.1. The molecule has 1 heterocycles. The average molecular weight is 403 g/mol. The van der Waals surface area contributed by atoms with Gasteiger partial charge in [0.2, 0.25) is 21.8 Å². The lowest BCUT2D eigenvalue weighted by Crippen LogP contribution is -2.36. The maximum absolute atomic E-state index is 12.7. The Labute approximate surface area is 153 Å². The van der Waals surface area contributed by atoms with Crippen LogP contribution in [0.1, 0.15) is 11.1 Å². The molecule has 2 aromatic rings. The molecule has 27 heavy (non-hydrogen) atoms. The smallest absolute Gasteiger partial charge is 0.416 e. The summed E-state index contributed by atoms with van der Waals surface area (Å²) in [7, 11) is -2.87. The molecule has 0 saturated heterocycles. The predicted molar refractivity (Wildman–Crippen MR) is 89.3 cm³/mol. The van der Waals surface area contributed by atoms with Crippen LogP contribution in [0.5, 0.6) is 5.88 Å². The number of carbonyl (C=O) groups excluding carboxylic acids is 1. The van der Waals surface area contributed by atoms with Crippen LogP contribution >= 0.6 is 0 Å². The Morgan fingerprint density at radius 2 is 1.96 bits per heavy atom. The summed E-state index contributed by atoms with van der Waals surface area (Å²) >= 11 is 0. The van der Waals surface area contributed by atoms with Crippen LogP contribution in [0.2, 0.25) is 0 Å². The minimum Gasteiger partial charge on any atom is -0.481 e. The van der Waals surface area contributed by atoms with E-state index < -0.39 is 39.1 Å². The molecule has 2 rings (SSSR count). The topological polar surface area (TPSA) is 97.4 Å². The van der Waals surface area contributed by atoms with Gasteiger partial charge in [-0.25, -0.2) is 18.1 Å². The average Bonchev–Trinajstić information content (AvgIpc) is 2.64. The van der Waals surface area contributed by atoms with Gasteiger partial charge in [-0.2, -0.15) is 13.2 Å². The Morgan fingerprint density at radius 3 is 2.63 bits per heavy atom. The Balaban J connectivity index is 1.98. The van der Waals surface area contributed by atoms with Crippen molar-refractivity contribution in [2.45, 2.75) is 17.6 Å². The number of carbonyl (C=O) groups is 1. The number of nitrogens with zero attached hydrogens (tertiary/aromatic N) is 1. The molecule has 0 aliphatic carbocycles. The molecule has 0 saturated carbocycles. The molecule has 0 aliphatic heterocycles. The minimum atomic E-state index is -4.67. The third-order valence-corrected chi connectivity index (χ3v) is 4.81. The highest BCUT2D eigenvalue weighted by Gasteiger charge is 2.31. The summed E-state index contributed by atoms with van der Waals surface area (Å²) < 4.78 is 69.3. The molecule has 0 aliphatic rings. The van der Waals surface area contributed by atoms with Crippen molar-refractivity contribution in [3.63, 3.8) is 0 Å². The van der Waals surface area contributed by atoms with E-state index in [-0.39, 0.29) is 6.54 Å². The molecule has 1 aromatic heterocycles. The quantitative estimate of drug-likeness (QED) is 0.734. The van der Waals surface area contributed by atoms with E-state index in [1.807, 2.05) is 4.72 Å². The van der Waals surface area contributed by atoms with Crippen molar-refractivity contribution in [3.05, 3.63) is 53.7 Å². The zero-order valence-electron chi connectivity index (χ0n) is 14.1. The van der Waals surface area contributed by atoms with Crippen molar-refractivity contribution in [2.24, 2.45) is 0 Å². The molecular formula is C16H16F3N3O4S. The van der Waals surface area contributed by atoms with E-state index in [1.165, 1.54) is 13.3 Å². The molecule has 0 radical (unpaired) electrons. The molecule has 1 aromatic carbocycles. The number of rotatable bonds is 7. The first-order valence-electron chi connectivity index (χ1n) is 7.55. The van der Waals surface area contributed by atoms with Gasteiger partial charge in [-0.05, 0) is 24.3 Å². The largest absolute Gasteiger partial charge is 0.481 e. The molecule has 0 atom stereocenters. The number of hydrogen-bond donors (Lipinski definition) is 2. The lowest BCUT2D eigenvalue weighted by molar-refractivity contribution is -0.137. The van der Waals surface area contributed by atoms with Crippen LogP contribution in [0.25, 0.3) is 0 Å². The van der Waals surface area contributed by atoms with Gasteiger partial charge in [0, 0.05) is 18.3 Å². The van der Waals surface area contributed by atoms with Crippen molar-refractivity contribution in [1.29, 1.82) is 0 Å². The number of hydrogen-bond acceptors (Lipinski definition) is 5. The molecule has 11 heteroatoms. The molecule has 7 nitrogen and oxygen atoms in total. The second-order valence-electron chi connectivity index (χ2n) is 5.30. The van der Waals surface area contributed by atoms with E-state index in [9.17, 15) is 26.4 Å². The second-order valence-corrected chi connectivity index (χ2v) is 7.07. The third kappa shape index (κ3) is 5.66. The normalized spacial score (nSPS) is 11.9. The van der Waals surface area contributed by atoms with Crippen molar-refractivity contribution in [2.75, 3.05) is 13.7 Å². The minimum absolute atomic E-state index is 0.0428. The van der Waals surface area contributed by atoms with Gasteiger partial charge >= 0.3 is 6.18 Å². The maximum Gasteiger partial charge on any atom is 0.416 e. The summed E-state index contributed by atoms with van der Waals surface area (Å²) in [5, 5.41) is 2.47. The Bertz CT molecular complexity index is 917. The number of alkyl halides is 3. The first-order valence-corrected chi connectivity index (χ1v) is 9.03. The van der Waals surface area contributed by atoms with E-state index in [1.54, 1.807) is 12.1 Å². The fourth-order valence-corrected chi connectivity index (χ4v) is 3.11. The fraction of sp³-hybridized carbons (Fsp3) is 0.250. The van der Waals surface area contributed by atoms with E-state index in [2.05, 4.69) is 10.3 Å². The number of sulfonamides is 1. The van der Waals surface area contributed by atoms with Crippen LogP contribution in [0.4, 0.5) is 13.2 Å². The Hall–Kier alpha value is -2.66. The van der Waals surface area contributed by atoms with E-state index in [0.717, 1.165) is 18.2 Å². The molecule has 0 spiro atoms. The summed E-state index contributed by atoms with van der Waals surface area (Å²) in [4.78, 5) is 15.2. The highest BCUT2D eigenvalue weighted by molar-refractivity contribution is 7.89. The number of aromatic nitrogens is 1. The molecule has 2 N–H and O–H groups in total. The van der Waals surface area contributed by atoms with Crippen molar-refractivity contribution in [1.82, 2.24) is 15.0 Å². The van der Waals surface area contributed by atoms with Crippen LogP contribution in [-0.4, -0.2) is 33.0 Å². The van der Waals surface area contributed by atoms with Gasteiger partial charge in [0.15, 0.2) is 0 Å². The first kappa shape index (κ1) is 20.6. The third-order valence-electron chi connectivity index (χ3n) is 3.41. The van der Waals surface area contributed by atoms with Gasteiger partial charge in [-0.3, -0.25) is 4.79 Å². The highest BCUT2D eigenvalue weighted by Crippen LogP contribution is 2.30. The van der Waals surface area contributed by atoms with Gasteiger partial charge in [0.1, 0.15) is 0 Å². The number of ether oxygens (including phenoxy) is 1. The Morgan fingerprint density at radius 1 is 1.22 bits per heavy atom. The van der Waals surface area contributed by atoms with E-state index in [0.29, 0.717) is 17.5 Å². The molecule has 0 bridgehead atoms. The number of nitrogens with one attached hydrogen (secondary N) is 2. The molecule has 0 unspecified atom stereocenters. The highest BCUT2D eigenvalue weighted by atomic mass is 32.2. The summed E-state index contributed by atoms with van der Waals surface area (Å²) in [6, 6.07) is 6.55. The number of pyridine rings is 1. The monoisotopic (exact) mass is 403 g/mol. The van der Waals surface area contributed by atoms with Crippen molar-refractivity contribution >= 4 is 15.9 Å². The molecule has 146 valence electrons. The number of benzene rings is 1. The first-order chi connectivity index (χ1) is 12.6. The number of methoxy groups -OCH3 is 1. The summed E-state index contributed by atoms with van der Waals surface area (Å²) in [6.45, 7) is -0.595. The van der Waals surface area contributed by atoms with Gasteiger partial charge in [0.05, 0.1) is 24.1 Å². The molecular weight excluding hydrogens is 387 g/mol. The molecule has 0 fully saturated rings. The summed E-state index contributed by atoms with van der Waals surface area (Å²) in [5.41, 5.74) is -0.521. The Kier molecular flexibility index (Phi) is 6.39. The van der Waals surface area contributed by atoms with Crippen molar-refractivity contribution < 1.29 is 31.1 Å². The molecule has 1 amide bonds. The van der Waals surface area contributed by atoms with E-state index in [4.69, 9.17) is 4.74 Å². The maximum atomic E-state index is 12.7. The van der Waals surface area contributed by atoms with E-state index >= 15 is 0 Å². The zero-order valence-corrected chi connectivity index (χ0v) is 14.9. The van der Waals surface area contributed by atoms with Crippen LogP contribution in [0.3, 0.4) is 0 Å². The summed E-state index contributed by atoms with van der Waals surface area (Å²) in [5.74, 6) is -0.362. The summed E-state index contributed by atoms with van der Waals surface area (Å²) in [6.07, 6.45) is -3.17. The fourth-order valence-electron chi connectivity index (χ4n) is 2.08. The lowest BCUT2D eigenvalue weighted by Gasteiger charge is -2.11. The van der Waals surface area contributed by atoms with Gasteiger partial charge < -0.3 is 10.1 Å². The van der Waals surface area contributed by atoms with Gasteiger partial charge in [-0.15, -0.1) is 0 Å². The van der Waals surface area contributed by atoms with Crippen LogP contribution in [-0.2, 0) is 27.5 Å². The van der Waals surface area contributed by atoms with Crippen LogP contribution < -0.4 is 14.8 Å². The van der Waals surface area contributed by atoms with Gasteiger partial charge in [0.25, 0.3) is 0 Å². The predicted octanol–water partition coefficient (Wildman–Crippen LogP) is 1.70.